The van der Waals surface area contributed by atoms with Gasteiger partial charge < -0.3 is 19.9 Å². The molecule has 0 amide bonds. The van der Waals surface area contributed by atoms with E-state index in [1.165, 1.54) is 12.1 Å². The first kappa shape index (κ1) is 19.2. The van der Waals surface area contributed by atoms with Gasteiger partial charge in [0.15, 0.2) is 11.5 Å². The summed E-state index contributed by atoms with van der Waals surface area (Å²) in [4.78, 5) is 0. The average molecular weight is 347 g/mol. The normalized spacial score (nSPS) is 10.7. The number of hydrogen-bond donors (Lipinski definition) is 2. The maximum absolute atomic E-state index is 12.9. The monoisotopic (exact) mass is 347 g/mol. The van der Waals surface area contributed by atoms with Crippen LogP contribution >= 0.6 is 0 Å². The zero-order valence-electron chi connectivity index (χ0n) is 14.6. The molecule has 25 heavy (non-hydrogen) atoms. The third-order valence-corrected chi connectivity index (χ3v) is 3.88. The van der Waals surface area contributed by atoms with Crippen molar-refractivity contribution in [1.29, 1.82) is 0 Å². The molecule has 5 heteroatoms. The highest BCUT2D eigenvalue weighted by molar-refractivity contribution is 5.43. The highest BCUT2D eigenvalue weighted by Crippen LogP contribution is 2.28. The number of unbranched alkanes of at least 4 members (excludes halogenated alkanes) is 2. The minimum absolute atomic E-state index is 0.255. The van der Waals surface area contributed by atoms with Gasteiger partial charge in [0, 0.05) is 13.2 Å². The quantitative estimate of drug-likeness (QED) is 0.609. The van der Waals surface area contributed by atoms with Crippen molar-refractivity contribution in [3.63, 3.8) is 0 Å². The minimum atomic E-state index is -0.255. The molecule has 0 aromatic heterocycles. The second-order valence-corrected chi connectivity index (χ2v) is 5.86. The third-order valence-electron chi connectivity index (χ3n) is 3.88. The summed E-state index contributed by atoms with van der Waals surface area (Å²) < 4.78 is 24.1. The van der Waals surface area contributed by atoms with E-state index >= 15 is 0 Å². The van der Waals surface area contributed by atoms with Gasteiger partial charge >= 0.3 is 0 Å². The second-order valence-electron chi connectivity index (χ2n) is 5.86. The molecule has 0 spiro atoms. The smallest absolute Gasteiger partial charge is 0.161 e. The molecule has 0 aliphatic rings. The molecule has 2 aromatic carbocycles. The third kappa shape index (κ3) is 6.72. The highest BCUT2D eigenvalue weighted by Gasteiger charge is 2.06. The molecule has 136 valence electrons. The molecule has 2 aromatic rings. The Bertz CT molecular complexity index is 631. The summed E-state index contributed by atoms with van der Waals surface area (Å²) in [5.74, 6) is 1.09. The van der Waals surface area contributed by atoms with Gasteiger partial charge in [-0.3, -0.25) is 0 Å². The predicted molar refractivity (Wildman–Crippen MR) is 96.4 cm³/mol. The van der Waals surface area contributed by atoms with Crippen molar-refractivity contribution >= 4 is 0 Å². The molecular weight excluding hydrogens is 321 g/mol. The molecule has 0 unspecified atom stereocenters. The van der Waals surface area contributed by atoms with Crippen molar-refractivity contribution in [2.45, 2.75) is 32.4 Å². The van der Waals surface area contributed by atoms with Crippen LogP contribution in [0.25, 0.3) is 0 Å². The molecule has 0 radical (unpaired) electrons. The van der Waals surface area contributed by atoms with Gasteiger partial charge in [0.2, 0.25) is 0 Å². The zero-order chi connectivity index (χ0) is 17.9. The van der Waals surface area contributed by atoms with Crippen LogP contribution in [-0.2, 0) is 13.2 Å². The summed E-state index contributed by atoms with van der Waals surface area (Å²) in [5, 5.41) is 12.1. The number of aliphatic hydroxyl groups is 1. The van der Waals surface area contributed by atoms with Crippen LogP contribution in [0.3, 0.4) is 0 Å². The Morgan fingerprint density at radius 3 is 2.44 bits per heavy atom. The molecule has 4 nitrogen and oxygen atoms in total. The summed E-state index contributed by atoms with van der Waals surface area (Å²) in [6, 6.07) is 12.1. The van der Waals surface area contributed by atoms with Crippen LogP contribution < -0.4 is 14.8 Å². The Morgan fingerprint density at radius 2 is 1.72 bits per heavy atom. The van der Waals surface area contributed by atoms with E-state index in [0.717, 1.165) is 43.5 Å². The lowest BCUT2D eigenvalue weighted by atomic mass is 10.2. The van der Waals surface area contributed by atoms with Crippen molar-refractivity contribution in [1.82, 2.24) is 5.32 Å². The summed E-state index contributed by atoms with van der Waals surface area (Å²) in [6.45, 7) is 2.30. The van der Waals surface area contributed by atoms with Gasteiger partial charge in [-0.2, -0.15) is 0 Å². The fourth-order valence-corrected chi connectivity index (χ4v) is 2.45. The Hall–Kier alpha value is -2.11. The summed E-state index contributed by atoms with van der Waals surface area (Å²) in [6.07, 6.45) is 2.94. The number of halogens is 1. The summed E-state index contributed by atoms with van der Waals surface area (Å²) >= 11 is 0. The number of nitrogens with one attached hydrogen (secondary N) is 1. The second kappa shape index (κ2) is 10.7. The van der Waals surface area contributed by atoms with E-state index in [9.17, 15) is 4.39 Å². The Balaban J connectivity index is 1.84. The van der Waals surface area contributed by atoms with Crippen molar-refractivity contribution in [3.05, 3.63) is 59.4 Å². The Labute approximate surface area is 148 Å². The lowest BCUT2D eigenvalue weighted by Gasteiger charge is -2.13. The SMILES string of the molecule is COc1cc(CNCCCCCO)ccc1OCc1ccc(F)cc1. The first-order valence-corrected chi connectivity index (χ1v) is 8.58. The fraction of sp³-hybridized carbons (Fsp3) is 0.400. The van der Waals surface area contributed by atoms with Crippen molar-refractivity contribution in [2.75, 3.05) is 20.3 Å². The number of benzene rings is 2. The fourth-order valence-electron chi connectivity index (χ4n) is 2.45. The summed E-state index contributed by atoms with van der Waals surface area (Å²) in [7, 11) is 1.62. The van der Waals surface area contributed by atoms with Crippen molar-refractivity contribution < 1.29 is 19.0 Å². The molecule has 0 bridgehead atoms. The lowest BCUT2D eigenvalue weighted by molar-refractivity contribution is 0.282. The number of methoxy groups -OCH3 is 1. The van der Waals surface area contributed by atoms with E-state index in [2.05, 4.69) is 5.32 Å². The number of aliphatic hydroxyl groups excluding tert-OH is 1. The average Bonchev–Trinajstić information content (AvgIpc) is 2.64. The molecule has 0 heterocycles. The van der Waals surface area contributed by atoms with Gasteiger partial charge in [-0.1, -0.05) is 18.2 Å². The van der Waals surface area contributed by atoms with Gasteiger partial charge in [0.1, 0.15) is 12.4 Å². The van der Waals surface area contributed by atoms with Crippen LogP contribution in [-0.4, -0.2) is 25.4 Å². The van der Waals surface area contributed by atoms with E-state index in [1.54, 1.807) is 19.2 Å². The topological polar surface area (TPSA) is 50.7 Å². The van der Waals surface area contributed by atoms with Gasteiger partial charge in [-0.25, -0.2) is 4.39 Å². The molecule has 0 saturated heterocycles. The van der Waals surface area contributed by atoms with Gasteiger partial charge in [0.05, 0.1) is 7.11 Å². The number of rotatable bonds is 11. The lowest BCUT2D eigenvalue weighted by Crippen LogP contribution is -2.14. The Kier molecular flexibility index (Phi) is 8.22. The van der Waals surface area contributed by atoms with E-state index in [4.69, 9.17) is 14.6 Å². The molecular formula is C20H26FNO3. The molecule has 0 saturated carbocycles. The van der Waals surface area contributed by atoms with E-state index in [0.29, 0.717) is 18.1 Å². The molecule has 0 atom stereocenters. The first-order chi connectivity index (χ1) is 12.2. The predicted octanol–water partition coefficient (Wildman–Crippen LogP) is 3.67. The van der Waals surface area contributed by atoms with Gasteiger partial charge in [-0.05, 0) is 61.2 Å². The summed E-state index contributed by atoms with van der Waals surface area (Å²) in [5.41, 5.74) is 2.02. The van der Waals surface area contributed by atoms with Crippen LogP contribution in [0.2, 0.25) is 0 Å². The van der Waals surface area contributed by atoms with E-state index in [1.807, 2.05) is 18.2 Å². The van der Waals surface area contributed by atoms with E-state index < -0.39 is 0 Å². The van der Waals surface area contributed by atoms with Gasteiger partial charge in [-0.15, -0.1) is 0 Å². The first-order valence-electron chi connectivity index (χ1n) is 8.58. The largest absolute Gasteiger partial charge is 0.493 e. The van der Waals surface area contributed by atoms with Crippen molar-refractivity contribution in [2.24, 2.45) is 0 Å². The van der Waals surface area contributed by atoms with Crippen molar-refractivity contribution in [3.8, 4) is 11.5 Å². The number of ether oxygens (including phenoxy) is 2. The van der Waals surface area contributed by atoms with Crippen LogP contribution in [0.15, 0.2) is 42.5 Å². The maximum atomic E-state index is 12.9. The number of hydrogen-bond acceptors (Lipinski definition) is 4. The maximum Gasteiger partial charge on any atom is 0.161 e. The molecule has 0 aliphatic heterocycles. The van der Waals surface area contributed by atoms with Crippen LogP contribution in [0, 0.1) is 5.82 Å². The van der Waals surface area contributed by atoms with Crippen LogP contribution in [0.1, 0.15) is 30.4 Å². The minimum Gasteiger partial charge on any atom is -0.493 e. The standard InChI is InChI=1S/C20H26FNO3/c1-24-20-13-17(14-22-11-3-2-4-12-23)7-10-19(20)25-15-16-5-8-18(21)9-6-16/h5-10,13,22-23H,2-4,11-12,14-15H2,1H3. The Morgan fingerprint density at radius 1 is 0.960 bits per heavy atom. The zero-order valence-corrected chi connectivity index (χ0v) is 14.6. The van der Waals surface area contributed by atoms with Crippen LogP contribution in [0.4, 0.5) is 4.39 Å². The molecule has 0 aliphatic carbocycles. The molecule has 2 N–H and O–H groups in total. The van der Waals surface area contributed by atoms with Crippen LogP contribution in [0.5, 0.6) is 11.5 Å². The van der Waals surface area contributed by atoms with Gasteiger partial charge in [0.25, 0.3) is 0 Å². The molecule has 2 rings (SSSR count). The molecule has 0 fully saturated rings. The van der Waals surface area contributed by atoms with E-state index in [-0.39, 0.29) is 12.4 Å². The highest BCUT2D eigenvalue weighted by atomic mass is 19.1.